The second-order valence-corrected chi connectivity index (χ2v) is 4.96. The minimum atomic E-state index is -4.36. The van der Waals surface area contributed by atoms with Gasteiger partial charge in [-0.1, -0.05) is 6.92 Å². The van der Waals surface area contributed by atoms with Crippen molar-refractivity contribution >= 4 is 23.4 Å². The first-order valence-corrected chi connectivity index (χ1v) is 7.42. The zero-order chi connectivity index (χ0) is 14.3. The summed E-state index contributed by atoms with van der Waals surface area (Å²) >= 11 is 1.62. The Kier molecular flexibility index (Phi) is 6.27. The van der Waals surface area contributed by atoms with E-state index in [2.05, 4.69) is 15.6 Å². The van der Waals surface area contributed by atoms with Crippen LogP contribution in [0.25, 0.3) is 0 Å². The molecule has 1 heterocycles. The molecule has 0 atom stereocenters. The molecule has 0 bridgehead atoms. The normalized spacial score (nSPS) is 11.4. The first-order valence-electron chi connectivity index (χ1n) is 6.03. The van der Waals surface area contributed by atoms with Crippen molar-refractivity contribution < 1.29 is 13.2 Å². The Morgan fingerprint density at radius 2 is 1.74 bits per heavy atom. The second-order valence-electron chi connectivity index (χ2n) is 3.97. The summed E-state index contributed by atoms with van der Waals surface area (Å²) < 4.78 is 38.3. The van der Waals surface area contributed by atoms with E-state index >= 15 is 0 Å². The van der Waals surface area contributed by atoms with E-state index in [1.807, 2.05) is 13.2 Å². The number of hydrogen-bond acceptors (Lipinski definition) is 4. The molecule has 108 valence electrons. The molecule has 0 saturated heterocycles. The van der Waals surface area contributed by atoms with Crippen molar-refractivity contribution in [2.45, 2.75) is 19.5 Å². The van der Waals surface area contributed by atoms with Gasteiger partial charge in [0.1, 0.15) is 11.6 Å². The predicted octanol–water partition coefficient (Wildman–Crippen LogP) is 3.70. The molecule has 0 amide bonds. The van der Waals surface area contributed by atoms with Crippen molar-refractivity contribution in [2.24, 2.45) is 0 Å². The zero-order valence-corrected chi connectivity index (χ0v) is 11.8. The van der Waals surface area contributed by atoms with Gasteiger partial charge in [0.2, 0.25) is 0 Å². The van der Waals surface area contributed by atoms with Gasteiger partial charge in [0.05, 0.1) is 5.56 Å². The molecule has 0 fully saturated rings. The van der Waals surface area contributed by atoms with Crippen molar-refractivity contribution in [3.8, 4) is 0 Å². The highest BCUT2D eigenvalue weighted by molar-refractivity contribution is 7.98. The van der Waals surface area contributed by atoms with Gasteiger partial charge in [0.25, 0.3) is 0 Å². The summed E-state index contributed by atoms with van der Waals surface area (Å²) in [5.74, 6) is 1.32. The van der Waals surface area contributed by atoms with Crippen molar-refractivity contribution in [1.29, 1.82) is 0 Å². The Balaban J connectivity index is 2.89. The number of aromatic nitrogens is 1. The summed E-state index contributed by atoms with van der Waals surface area (Å²) in [6, 6.07) is 2.08. The number of thioether (sulfide) groups is 1. The van der Waals surface area contributed by atoms with Gasteiger partial charge in [-0.15, -0.1) is 0 Å². The molecule has 3 nitrogen and oxygen atoms in total. The number of anilines is 2. The third kappa shape index (κ3) is 5.59. The Morgan fingerprint density at radius 1 is 1.16 bits per heavy atom. The lowest BCUT2D eigenvalue weighted by molar-refractivity contribution is -0.137. The highest BCUT2D eigenvalue weighted by atomic mass is 32.2. The van der Waals surface area contributed by atoms with E-state index in [1.165, 1.54) is 0 Å². The summed E-state index contributed by atoms with van der Waals surface area (Å²) in [6.07, 6.45) is -1.59. The number of nitrogens with zero attached hydrogens (tertiary/aromatic N) is 1. The Hall–Kier alpha value is -1.11. The van der Waals surface area contributed by atoms with Gasteiger partial charge in [-0.25, -0.2) is 4.98 Å². The first kappa shape index (κ1) is 15.9. The number of hydrogen-bond donors (Lipinski definition) is 2. The molecular weight excluding hydrogens is 275 g/mol. The van der Waals surface area contributed by atoms with Crippen LogP contribution in [0.5, 0.6) is 0 Å². The summed E-state index contributed by atoms with van der Waals surface area (Å²) in [4.78, 5) is 4.12. The molecule has 0 unspecified atom stereocenters. The van der Waals surface area contributed by atoms with Crippen LogP contribution in [0.1, 0.15) is 18.9 Å². The lowest BCUT2D eigenvalue weighted by Crippen LogP contribution is -2.12. The predicted molar refractivity (Wildman–Crippen MR) is 74.9 cm³/mol. The molecule has 0 spiro atoms. The van der Waals surface area contributed by atoms with Gasteiger partial charge in [-0.3, -0.25) is 0 Å². The van der Waals surface area contributed by atoms with Crippen LogP contribution in [-0.4, -0.2) is 30.1 Å². The average Bonchev–Trinajstić information content (AvgIpc) is 2.35. The number of rotatable bonds is 7. The molecule has 2 N–H and O–H groups in total. The fourth-order valence-electron chi connectivity index (χ4n) is 1.41. The van der Waals surface area contributed by atoms with Crippen molar-refractivity contribution in [3.05, 3.63) is 17.7 Å². The lowest BCUT2D eigenvalue weighted by Gasteiger charge is -2.13. The number of pyridine rings is 1. The van der Waals surface area contributed by atoms with Gasteiger partial charge in [-0.05, 0) is 24.8 Å². The third-order valence-corrected chi connectivity index (χ3v) is 2.93. The number of alkyl halides is 3. The van der Waals surface area contributed by atoms with E-state index in [1.54, 1.807) is 11.8 Å². The van der Waals surface area contributed by atoms with Crippen LogP contribution in [0.15, 0.2) is 12.1 Å². The standard InChI is InChI=1S/C12H18F3N3S/c1-3-4-16-10-7-9(12(13,14)15)8-11(18-10)17-5-6-19-2/h7-8H,3-6H2,1-2H3,(H2,16,17,18). The molecular formula is C12H18F3N3S. The maximum atomic E-state index is 12.8. The van der Waals surface area contributed by atoms with Crippen molar-refractivity contribution in [1.82, 2.24) is 4.98 Å². The third-order valence-electron chi connectivity index (χ3n) is 2.32. The zero-order valence-electron chi connectivity index (χ0n) is 11.0. The molecule has 0 aliphatic heterocycles. The van der Waals surface area contributed by atoms with E-state index < -0.39 is 11.7 Å². The number of nitrogens with one attached hydrogen (secondary N) is 2. The quantitative estimate of drug-likeness (QED) is 0.752. The van der Waals surface area contributed by atoms with Gasteiger partial charge in [-0.2, -0.15) is 24.9 Å². The molecule has 0 radical (unpaired) electrons. The SMILES string of the molecule is CCCNc1cc(C(F)(F)F)cc(NCCSC)n1. The molecule has 0 aliphatic rings. The Morgan fingerprint density at radius 3 is 2.21 bits per heavy atom. The van der Waals surface area contributed by atoms with E-state index in [0.717, 1.165) is 24.3 Å². The Labute approximate surface area is 115 Å². The van der Waals surface area contributed by atoms with Gasteiger partial charge in [0, 0.05) is 18.8 Å². The van der Waals surface area contributed by atoms with Crippen LogP contribution >= 0.6 is 11.8 Å². The lowest BCUT2D eigenvalue weighted by atomic mass is 10.2. The molecule has 0 saturated carbocycles. The van der Waals surface area contributed by atoms with Gasteiger partial charge in [0.15, 0.2) is 0 Å². The Bertz CT molecular complexity index is 396. The van der Waals surface area contributed by atoms with Gasteiger partial charge >= 0.3 is 6.18 Å². The monoisotopic (exact) mass is 293 g/mol. The molecule has 19 heavy (non-hydrogen) atoms. The molecule has 0 aliphatic carbocycles. The highest BCUT2D eigenvalue weighted by Crippen LogP contribution is 2.32. The summed E-state index contributed by atoms with van der Waals surface area (Å²) in [6.45, 7) is 3.12. The largest absolute Gasteiger partial charge is 0.416 e. The van der Waals surface area contributed by atoms with Crippen LogP contribution in [0.4, 0.5) is 24.8 Å². The summed E-state index contributed by atoms with van der Waals surface area (Å²) in [7, 11) is 0. The summed E-state index contributed by atoms with van der Waals surface area (Å²) in [5, 5.41) is 5.78. The molecule has 0 aromatic carbocycles. The number of halogens is 3. The van der Waals surface area contributed by atoms with Crippen LogP contribution in [-0.2, 0) is 6.18 Å². The highest BCUT2D eigenvalue weighted by Gasteiger charge is 2.31. The van der Waals surface area contributed by atoms with Crippen LogP contribution in [0, 0.1) is 0 Å². The molecule has 7 heteroatoms. The summed E-state index contributed by atoms with van der Waals surface area (Å²) in [5.41, 5.74) is -0.687. The van der Waals surface area contributed by atoms with Crippen LogP contribution < -0.4 is 10.6 Å². The van der Waals surface area contributed by atoms with E-state index in [4.69, 9.17) is 0 Å². The van der Waals surface area contributed by atoms with E-state index in [9.17, 15) is 13.2 Å². The van der Waals surface area contributed by atoms with Crippen LogP contribution in [0.2, 0.25) is 0 Å². The topological polar surface area (TPSA) is 37.0 Å². The fourth-order valence-corrected chi connectivity index (χ4v) is 1.72. The second kappa shape index (κ2) is 7.47. The van der Waals surface area contributed by atoms with Crippen molar-refractivity contribution in [3.63, 3.8) is 0 Å². The fraction of sp³-hybridized carbons (Fsp3) is 0.583. The minimum absolute atomic E-state index is 0.252. The first-order chi connectivity index (χ1) is 8.97. The van der Waals surface area contributed by atoms with Gasteiger partial charge < -0.3 is 10.6 Å². The van der Waals surface area contributed by atoms with Crippen molar-refractivity contribution in [2.75, 3.05) is 35.7 Å². The van der Waals surface area contributed by atoms with Crippen LogP contribution in [0.3, 0.4) is 0 Å². The van der Waals surface area contributed by atoms with E-state index in [0.29, 0.717) is 13.1 Å². The minimum Gasteiger partial charge on any atom is -0.370 e. The smallest absolute Gasteiger partial charge is 0.370 e. The van der Waals surface area contributed by atoms with E-state index in [-0.39, 0.29) is 11.6 Å². The molecule has 1 rings (SSSR count). The average molecular weight is 293 g/mol. The maximum absolute atomic E-state index is 12.8. The molecule has 1 aromatic heterocycles. The maximum Gasteiger partial charge on any atom is 0.416 e. The molecule has 1 aromatic rings.